The second kappa shape index (κ2) is 8.64. The fraction of sp³-hybridized carbons (Fsp3) is 0.429. The van der Waals surface area contributed by atoms with Gasteiger partial charge in [-0.3, -0.25) is 0 Å². The molecule has 1 saturated carbocycles. The van der Waals surface area contributed by atoms with E-state index in [9.17, 15) is 8.42 Å². The number of rotatable bonds is 6. The van der Waals surface area contributed by atoms with E-state index in [1.807, 2.05) is 36.4 Å². The topological polar surface area (TPSA) is 49.4 Å². The predicted molar refractivity (Wildman–Crippen MR) is 121 cm³/mol. The molecule has 0 amide bonds. The van der Waals surface area contributed by atoms with Gasteiger partial charge in [-0.05, 0) is 73.6 Å². The lowest BCUT2D eigenvalue weighted by atomic mass is 9.88. The van der Waals surface area contributed by atoms with Crippen LogP contribution in [0.15, 0.2) is 42.5 Å². The van der Waals surface area contributed by atoms with Gasteiger partial charge in [-0.1, -0.05) is 40.9 Å². The van der Waals surface area contributed by atoms with Gasteiger partial charge in [0.05, 0.1) is 11.3 Å². The van der Waals surface area contributed by atoms with Crippen LogP contribution >= 0.6 is 34.8 Å². The van der Waals surface area contributed by atoms with E-state index in [2.05, 4.69) is 9.62 Å². The summed E-state index contributed by atoms with van der Waals surface area (Å²) in [7, 11) is -3.17. The van der Waals surface area contributed by atoms with Crippen LogP contribution in [0.2, 0.25) is 15.1 Å². The molecule has 2 aliphatic rings. The first-order valence-corrected chi connectivity index (χ1v) is 12.5. The zero-order valence-corrected chi connectivity index (χ0v) is 18.9. The number of hydrogen-bond donors (Lipinski definition) is 1. The van der Waals surface area contributed by atoms with Crippen molar-refractivity contribution >= 4 is 50.5 Å². The second-order valence-corrected chi connectivity index (χ2v) is 11.2. The quantitative estimate of drug-likeness (QED) is 0.586. The van der Waals surface area contributed by atoms with Crippen LogP contribution in [0.25, 0.3) is 0 Å². The lowest BCUT2D eigenvalue weighted by Crippen LogP contribution is -2.43. The van der Waals surface area contributed by atoms with Crippen LogP contribution in [0.1, 0.15) is 37.3 Å². The number of hydrogen-bond acceptors (Lipinski definition) is 3. The van der Waals surface area contributed by atoms with Crippen LogP contribution in [0, 0.1) is 5.92 Å². The van der Waals surface area contributed by atoms with Crippen LogP contribution < -0.4 is 9.62 Å². The van der Waals surface area contributed by atoms with Gasteiger partial charge in [-0.25, -0.2) is 13.1 Å². The number of sulfonamides is 1. The van der Waals surface area contributed by atoms with Crippen molar-refractivity contribution in [1.29, 1.82) is 0 Å². The molecule has 1 saturated heterocycles. The van der Waals surface area contributed by atoms with Gasteiger partial charge in [0.2, 0.25) is 10.0 Å². The number of nitrogens with zero attached hydrogens (tertiary/aromatic N) is 1. The summed E-state index contributed by atoms with van der Waals surface area (Å²) in [5.41, 5.74) is 2.07. The largest absolute Gasteiger partial charge is 0.364 e. The summed E-state index contributed by atoms with van der Waals surface area (Å²) in [5, 5.41) is 1.74. The number of nitrogens with one attached hydrogen (secondary N) is 1. The SMILES string of the molecule is O=S(=O)(NCC1CCC(c2ccc(Cl)cc2Cl)N(c2ccc(Cl)cc2)C1)C1CC1. The van der Waals surface area contributed by atoms with Crippen molar-refractivity contribution in [1.82, 2.24) is 4.72 Å². The zero-order chi connectivity index (χ0) is 20.6. The van der Waals surface area contributed by atoms with Gasteiger partial charge < -0.3 is 4.90 Å². The molecule has 2 atom stereocenters. The second-order valence-electron chi connectivity index (χ2n) is 7.85. The van der Waals surface area contributed by atoms with Gasteiger partial charge in [0.25, 0.3) is 0 Å². The molecule has 2 aromatic carbocycles. The van der Waals surface area contributed by atoms with E-state index >= 15 is 0 Å². The van der Waals surface area contributed by atoms with Crippen molar-refractivity contribution in [2.75, 3.05) is 18.0 Å². The Kier molecular flexibility index (Phi) is 6.33. The fourth-order valence-corrected chi connectivity index (χ4v) is 6.08. The molecule has 1 aliphatic carbocycles. The molecule has 4 nitrogen and oxygen atoms in total. The highest BCUT2D eigenvalue weighted by Crippen LogP contribution is 2.40. The molecule has 1 N–H and O–H groups in total. The molecule has 8 heteroatoms. The molecule has 0 aromatic heterocycles. The van der Waals surface area contributed by atoms with Gasteiger partial charge in [0.15, 0.2) is 0 Å². The number of piperidine rings is 1. The minimum atomic E-state index is -3.17. The minimum Gasteiger partial charge on any atom is -0.364 e. The molecule has 2 fully saturated rings. The lowest BCUT2D eigenvalue weighted by Gasteiger charge is -2.42. The molecule has 1 heterocycles. The van der Waals surface area contributed by atoms with E-state index in [0.717, 1.165) is 43.5 Å². The summed E-state index contributed by atoms with van der Waals surface area (Å²) in [6.45, 7) is 1.20. The average molecular weight is 474 g/mol. The monoisotopic (exact) mass is 472 g/mol. The maximum Gasteiger partial charge on any atom is 0.214 e. The predicted octanol–water partition coefficient (Wildman–Crippen LogP) is 5.69. The average Bonchev–Trinajstić information content (AvgIpc) is 3.53. The standard InChI is InChI=1S/C21H23Cl3N2O2S/c22-15-2-5-17(6-3-15)26-13-14(12-25-29(27,28)18-7-8-18)1-10-21(26)19-9-4-16(23)11-20(19)24/h2-6,9,11,14,18,21,25H,1,7-8,10,12-13H2. The first kappa shape index (κ1) is 21.3. The first-order chi connectivity index (χ1) is 13.8. The van der Waals surface area contributed by atoms with Crippen molar-refractivity contribution in [3.8, 4) is 0 Å². The number of halogens is 3. The summed E-state index contributed by atoms with van der Waals surface area (Å²) in [6.07, 6.45) is 3.34. The highest BCUT2D eigenvalue weighted by Gasteiger charge is 2.37. The molecular formula is C21H23Cl3N2O2S. The summed E-state index contributed by atoms with van der Waals surface area (Å²) in [4.78, 5) is 2.30. The van der Waals surface area contributed by atoms with Crippen LogP contribution in [-0.2, 0) is 10.0 Å². The Bertz CT molecular complexity index is 978. The molecule has 1 aliphatic heterocycles. The number of anilines is 1. The van der Waals surface area contributed by atoms with E-state index in [4.69, 9.17) is 34.8 Å². The van der Waals surface area contributed by atoms with Crippen molar-refractivity contribution in [3.05, 3.63) is 63.1 Å². The third-order valence-corrected chi connectivity index (χ3v) is 8.43. The van der Waals surface area contributed by atoms with Gasteiger partial charge in [-0.2, -0.15) is 0 Å². The van der Waals surface area contributed by atoms with Crippen LogP contribution in [0.5, 0.6) is 0 Å². The summed E-state index contributed by atoms with van der Waals surface area (Å²) in [5.74, 6) is 0.224. The summed E-state index contributed by atoms with van der Waals surface area (Å²) < 4.78 is 27.3. The molecule has 29 heavy (non-hydrogen) atoms. The van der Waals surface area contributed by atoms with Crippen molar-refractivity contribution < 1.29 is 8.42 Å². The van der Waals surface area contributed by atoms with E-state index in [1.165, 1.54) is 0 Å². The molecule has 156 valence electrons. The fourth-order valence-electron chi connectivity index (χ4n) is 3.96. The number of benzene rings is 2. The van der Waals surface area contributed by atoms with Crippen molar-refractivity contribution in [3.63, 3.8) is 0 Å². The molecular weight excluding hydrogens is 451 g/mol. The maximum absolute atomic E-state index is 12.2. The zero-order valence-electron chi connectivity index (χ0n) is 15.8. The van der Waals surface area contributed by atoms with Crippen LogP contribution in [0.4, 0.5) is 5.69 Å². The van der Waals surface area contributed by atoms with Crippen LogP contribution in [-0.4, -0.2) is 26.8 Å². The normalized spacial score (nSPS) is 22.7. The Balaban J connectivity index is 1.56. The van der Waals surface area contributed by atoms with Crippen LogP contribution in [0.3, 0.4) is 0 Å². The van der Waals surface area contributed by atoms with E-state index < -0.39 is 10.0 Å². The maximum atomic E-state index is 12.2. The third-order valence-electron chi connectivity index (χ3n) is 5.70. The molecule has 4 rings (SSSR count). The van der Waals surface area contributed by atoms with Gasteiger partial charge in [0, 0.05) is 33.8 Å². The van der Waals surface area contributed by atoms with E-state index in [1.54, 1.807) is 6.07 Å². The summed E-state index contributed by atoms with van der Waals surface area (Å²) >= 11 is 18.7. The molecule has 0 bridgehead atoms. The Labute approximate surface area is 187 Å². The molecule has 2 aromatic rings. The van der Waals surface area contributed by atoms with E-state index in [0.29, 0.717) is 21.6 Å². The third kappa shape index (κ3) is 5.02. The van der Waals surface area contributed by atoms with Crippen molar-refractivity contribution in [2.24, 2.45) is 5.92 Å². The van der Waals surface area contributed by atoms with E-state index in [-0.39, 0.29) is 17.2 Å². The highest BCUT2D eigenvalue weighted by atomic mass is 35.5. The Morgan fingerprint density at radius 1 is 0.931 bits per heavy atom. The molecule has 2 unspecified atom stereocenters. The Morgan fingerprint density at radius 2 is 1.62 bits per heavy atom. The van der Waals surface area contributed by atoms with Gasteiger partial charge in [0.1, 0.15) is 0 Å². The summed E-state index contributed by atoms with van der Waals surface area (Å²) in [6, 6.07) is 13.4. The Morgan fingerprint density at radius 3 is 2.28 bits per heavy atom. The van der Waals surface area contributed by atoms with Gasteiger partial charge >= 0.3 is 0 Å². The lowest BCUT2D eigenvalue weighted by molar-refractivity contribution is 0.358. The smallest absolute Gasteiger partial charge is 0.214 e. The highest BCUT2D eigenvalue weighted by molar-refractivity contribution is 7.90. The minimum absolute atomic E-state index is 0.0947. The molecule has 0 radical (unpaired) electrons. The van der Waals surface area contributed by atoms with Gasteiger partial charge in [-0.15, -0.1) is 0 Å². The molecule has 0 spiro atoms. The van der Waals surface area contributed by atoms with Crippen molar-refractivity contribution in [2.45, 2.75) is 37.0 Å². The first-order valence-electron chi connectivity index (χ1n) is 9.79. The Hall–Kier alpha value is -0.980.